The number of aliphatic hydroxyl groups is 1. The predicted molar refractivity (Wildman–Crippen MR) is 155 cm³/mol. The summed E-state index contributed by atoms with van der Waals surface area (Å²) in [6, 6.07) is 20.1. The van der Waals surface area contributed by atoms with Gasteiger partial charge in [0.2, 0.25) is 0 Å². The molecule has 3 aromatic rings. The Morgan fingerprint density at radius 2 is 1.78 bits per heavy atom. The van der Waals surface area contributed by atoms with Crippen molar-refractivity contribution in [3.8, 4) is 0 Å². The highest BCUT2D eigenvalue weighted by atomic mass is 35.5. The van der Waals surface area contributed by atoms with Crippen LogP contribution in [0.5, 0.6) is 0 Å². The highest BCUT2D eigenvalue weighted by molar-refractivity contribution is 7.07. The molecule has 1 unspecified atom stereocenters. The van der Waals surface area contributed by atoms with E-state index >= 15 is 0 Å². The summed E-state index contributed by atoms with van der Waals surface area (Å²) in [5, 5.41) is 15.8. The largest absolute Gasteiger partial charge is 0.390 e. The molecule has 1 atom stereocenters. The van der Waals surface area contributed by atoms with E-state index in [1.165, 1.54) is 5.56 Å². The zero-order valence-corrected chi connectivity index (χ0v) is 23.4. The molecule has 1 amide bonds. The molecule has 0 aliphatic carbocycles. The second kappa shape index (κ2) is 13.6. The summed E-state index contributed by atoms with van der Waals surface area (Å²) >= 11 is 7.82. The molecular formula is C31H39ClN2O2S. The van der Waals surface area contributed by atoms with E-state index in [0.29, 0.717) is 10.9 Å². The third-order valence-corrected chi connectivity index (χ3v) is 8.71. The zero-order chi connectivity index (χ0) is 26.1. The minimum atomic E-state index is -0.518. The standard InChI is InChI=1S/C27H35ClN2O2.C4H4S/c1-21-18-24(9-10-25(21)28)26(31)30-15-11-23(20-30)19-29-16-13-27(32,14-17-29)12-5-8-22-6-3-2-4-7-22;1-2-4-5-3-1/h2-4,6-7,9-10,18,23,32H,5,8,11-17,19-20H2,1H3;1-4H. The van der Waals surface area contributed by atoms with Crippen LogP contribution >= 0.6 is 22.9 Å². The number of hydrogen-bond donors (Lipinski definition) is 1. The molecule has 37 heavy (non-hydrogen) atoms. The van der Waals surface area contributed by atoms with Crippen LogP contribution in [0.2, 0.25) is 5.02 Å². The Hall–Kier alpha value is -2.18. The van der Waals surface area contributed by atoms with E-state index in [-0.39, 0.29) is 5.91 Å². The summed E-state index contributed by atoms with van der Waals surface area (Å²) in [5.41, 5.74) is 2.50. The number of aryl methyl sites for hydroxylation is 2. The van der Waals surface area contributed by atoms with Crippen molar-refractivity contribution in [1.29, 1.82) is 0 Å². The van der Waals surface area contributed by atoms with Crippen molar-refractivity contribution in [2.45, 2.75) is 51.0 Å². The van der Waals surface area contributed by atoms with Crippen LogP contribution in [0.25, 0.3) is 0 Å². The number of thiophene rings is 1. The number of hydrogen-bond acceptors (Lipinski definition) is 4. The fourth-order valence-electron chi connectivity index (χ4n) is 5.39. The molecule has 2 saturated heterocycles. The van der Waals surface area contributed by atoms with Crippen molar-refractivity contribution in [1.82, 2.24) is 9.80 Å². The quantitative estimate of drug-likeness (QED) is 0.363. The van der Waals surface area contributed by atoms with Gasteiger partial charge in [0, 0.05) is 43.3 Å². The van der Waals surface area contributed by atoms with Crippen molar-refractivity contribution in [3.63, 3.8) is 0 Å². The molecule has 2 aliphatic rings. The number of carbonyl (C=O) groups is 1. The summed E-state index contributed by atoms with van der Waals surface area (Å²) in [6.45, 7) is 6.49. The van der Waals surface area contributed by atoms with Crippen molar-refractivity contribution < 1.29 is 9.90 Å². The number of nitrogens with zero attached hydrogens (tertiary/aromatic N) is 2. The smallest absolute Gasteiger partial charge is 0.253 e. The normalized spacial score (nSPS) is 19.3. The van der Waals surface area contributed by atoms with Crippen molar-refractivity contribution in [2.24, 2.45) is 5.92 Å². The molecule has 2 aliphatic heterocycles. The van der Waals surface area contributed by atoms with Gasteiger partial charge in [0.25, 0.3) is 5.91 Å². The average Bonchev–Trinajstić information content (AvgIpc) is 3.63. The van der Waals surface area contributed by atoms with E-state index in [4.69, 9.17) is 11.6 Å². The molecule has 1 N–H and O–H groups in total. The van der Waals surface area contributed by atoms with Crippen LogP contribution in [0.15, 0.2) is 71.4 Å². The lowest BCUT2D eigenvalue weighted by molar-refractivity contribution is -0.0312. The topological polar surface area (TPSA) is 43.8 Å². The lowest BCUT2D eigenvalue weighted by Crippen LogP contribution is -2.46. The Balaban J connectivity index is 0.000000572. The van der Waals surface area contributed by atoms with Crippen LogP contribution < -0.4 is 0 Å². The lowest BCUT2D eigenvalue weighted by atomic mass is 9.85. The fraction of sp³-hybridized carbons (Fsp3) is 0.452. The molecule has 0 spiro atoms. The molecule has 0 radical (unpaired) electrons. The lowest BCUT2D eigenvalue weighted by Gasteiger charge is -2.39. The van der Waals surface area contributed by atoms with Crippen LogP contribution in [-0.4, -0.2) is 59.1 Å². The maximum Gasteiger partial charge on any atom is 0.253 e. The summed E-state index contributed by atoms with van der Waals surface area (Å²) in [4.78, 5) is 17.3. The van der Waals surface area contributed by atoms with Crippen molar-refractivity contribution in [3.05, 3.63) is 93.1 Å². The summed E-state index contributed by atoms with van der Waals surface area (Å²) in [5.74, 6) is 0.621. The molecule has 2 aromatic carbocycles. The molecule has 5 rings (SSSR count). The third kappa shape index (κ3) is 8.41. The van der Waals surface area contributed by atoms with Gasteiger partial charge in [-0.3, -0.25) is 4.79 Å². The summed E-state index contributed by atoms with van der Waals surface area (Å²) < 4.78 is 0. The minimum Gasteiger partial charge on any atom is -0.390 e. The molecule has 3 heterocycles. The highest BCUT2D eigenvalue weighted by Crippen LogP contribution is 2.29. The highest BCUT2D eigenvalue weighted by Gasteiger charge is 2.34. The van der Waals surface area contributed by atoms with E-state index in [1.54, 1.807) is 11.3 Å². The fourth-order valence-corrected chi connectivity index (χ4v) is 5.96. The molecule has 6 heteroatoms. The molecule has 1 aromatic heterocycles. The van der Waals surface area contributed by atoms with E-state index in [0.717, 1.165) is 82.4 Å². The number of piperidine rings is 1. The number of rotatable bonds is 7. The summed E-state index contributed by atoms with van der Waals surface area (Å²) in [7, 11) is 0. The molecule has 4 nitrogen and oxygen atoms in total. The van der Waals surface area contributed by atoms with Gasteiger partial charge in [-0.05, 0) is 91.5 Å². The molecule has 198 valence electrons. The Morgan fingerprint density at radius 3 is 2.43 bits per heavy atom. The van der Waals surface area contributed by atoms with Crippen LogP contribution in [0, 0.1) is 12.8 Å². The molecule has 2 fully saturated rings. The first-order valence-electron chi connectivity index (χ1n) is 13.4. The Bertz CT molecular complexity index is 1080. The van der Waals surface area contributed by atoms with Crippen LogP contribution in [0.3, 0.4) is 0 Å². The van der Waals surface area contributed by atoms with E-state index in [1.807, 2.05) is 59.0 Å². The van der Waals surface area contributed by atoms with Gasteiger partial charge < -0.3 is 14.9 Å². The number of likely N-dealkylation sites (tertiary alicyclic amines) is 2. The number of amides is 1. The Labute approximate surface area is 230 Å². The van der Waals surface area contributed by atoms with Gasteiger partial charge in [-0.15, -0.1) is 0 Å². The third-order valence-electron chi connectivity index (χ3n) is 7.66. The zero-order valence-electron chi connectivity index (χ0n) is 21.8. The van der Waals surface area contributed by atoms with Gasteiger partial charge >= 0.3 is 0 Å². The van der Waals surface area contributed by atoms with Gasteiger partial charge in [-0.25, -0.2) is 0 Å². The first-order chi connectivity index (χ1) is 17.9. The van der Waals surface area contributed by atoms with Gasteiger partial charge in [-0.1, -0.05) is 54.1 Å². The van der Waals surface area contributed by atoms with E-state index < -0.39 is 5.60 Å². The number of halogens is 1. The van der Waals surface area contributed by atoms with Crippen LogP contribution in [0.1, 0.15) is 53.6 Å². The minimum absolute atomic E-state index is 0.110. The van der Waals surface area contributed by atoms with Gasteiger partial charge in [0.1, 0.15) is 0 Å². The molecule has 0 saturated carbocycles. The maximum atomic E-state index is 12.9. The second-order valence-corrected chi connectivity index (χ2v) is 11.8. The van der Waals surface area contributed by atoms with Crippen molar-refractivity contribution in [2.75, 3.05) is 32.7 Å². The average molecular weight is 539 g/mol. The van der Waals surface area contributed by atoms with E-state index in [2.05, 4.69) is 29.2 Å². The van der Waals surface area contributed by atoms with Gasteiger partial charge in [0.15, 0.2) is 0 Å². The monoisotopic (exact) mass is 538 g/mol. The number of carbonyl (C=O) groups excluding carboxylic acids is 1. The first kappa shape index (κ1) is 27.8. The maximum absolute atomic E-state index is 12.9. The van der Waals surface area contributed by atoms with E-state index in [9.17, 15) is 9.90 Å². The Kier molecular flexibility index (Phi) is 10.2. The summed E-state index contributed by atoms with van der Waals surface area (Å²) in [6.07, 6.45) is 5.69. The Morgan fingerprint density at radius 1 is 1.05 bits per heavy atom. The SMILES string of the molecule is Cc1cc(C(=O)N2CCC(CN3CCC(O)(CCCc4ccccc4)CC3)C2)ccc1Cl.c1ccsc1. The van der Waals surface area contributed by atoms with Crippen LogP contribution in [-0.2, 0) is 6.42 Å². The van der Waals surface area contributed by atoms with Crippen molar-refractivity contribution >= 4 is 28.8 Å². The second-order valence-electron chi connectivity index (χ2n) is 10.5. The van der Waals surface area contributed by atoms with Crippen LogP contribution in [0.4, 0.5) is 0 Å². The predicted octanol–water partition coefficient (Wildman–Crippen LogP) is 6.71. The number of benzene rings is 2. The van der Waals surface area contributed by atoms with Gasteiger partial charge in [0.05, 0.1) is 5.60 Å². The van der Waals surface area contributed by atoms with Gasteiger partial charge in [-0.2, -0.15) is 11.3 Å². The molecule has 0 bridgehead atoms. The molecular weight excluding hydrogens is 500 g/mol. The first-order valence-corrected chi connectivity index (χ1v) is 14.8.